The van der Waals surface area contributed by atoms with Gasteiger partial charge in [0.15, 0.2) is 0 Å². The first kappa shape index (κ1) is 24.5. The smallest absolute Gasteiger partial charge is 0.245 e. The molecule has 1 saturated heterocycles. The third-order valence-corrected chi connectivity index (χ3v) is 8.81. The van der Waals surface area contributed by atoms with Gasteiger partial charge in [0.05, 0.1) is 44.0 Å². The van der Waals surface area contributed by atoms with Crippen LogP contribution in [0.15, 0.2) is 58.3 Å². The molecule has 0 radical (unpaired) electrons. The van der Waals surface area contributed by atoms with Crippen molar-refractivity contribution < 1.29 is 26.3 Å². The van der Waals surface area contributed by atoms with E-state index in [1.165, 1.54) is 47.1 Å². The summed E-state index contributed by atoms with van der Waals surface area (Å²) >= 11 is 0. The average Bonchev–Trinajstić information content (AvgIpc) is 2.82. The number of rotatable bonds is 9. The lowest BCUT2D eigenvalue weighted by atomic mass is 10.3. The number of unbranched alkanes of at least 4 members (excludes halogenated alkanes) is 1. The molecule has 0 saturated carbocycles. The zero-order valence-electron chi connectivity index (χ0n) is 18.5. The molecule has 9 nitrogen and oxygen atoms in total. The van der Waals surface area contributed by atoms with Gasteiger partial charge >= 0.3 is 0 Å². The predicted octanol–water partition coefficient (Wildman–Crippen LogP) is 2.37. The highest BCUT2D eigenvalue weighted by Crippen LogP contribution is 2.26. The van der Waals surface area contributed by atoms with Crippen LogP contribution in [0.4, 0.5) is 0 Å². The fourth-order valence-corrected chi connectivity index (χ4v) is 6.22. The van der Waals surface area contributed by atoms with Gasteiger partial charge in [-0.25, -0.2) is 16.8 Å². The summed E-state index contributed by atoms with van der Waals surface area (Å²) in [5.41, 5.74) is 0. The van der Waals surface area contributed by atoms with E-state index in [2.05, 4.69) is 0 Å². The van der Waals surface area contributed by atoms with Crippen LogP contribution in [0, 0.1) is 0 Å². The van der Waals surface area contributed by atoms with Crippen LogP contribution in [0.3, 0.4) is 0 Å². The molecule has 1 fully saturated rings. The molecule has 0 aliphatic carbocycles. The quantitative estimate of drug-likeness (QED) is 0.540. The second-order valence-electron chi connectivity index (χ2n) is 7.44. The fraction of sp³-hybridized carbons (Fsp3) is 0.429. The minimum atomic E-state index is -3.92. The summed E-state index contributed by atoms with van der Waals surface area (Å²) in [4.78, 5) is 1.99. The van der Waals surface area contributed by atoms with E-state index in [0.29, 0.717) is 18.0 Å². The van der Waals surface area contributed by atoms with E-state index in [4.69, 9.17) is 9.47 Å². The fourth-order valence-electron chi connectivity index (χ4n) is 3.38. The summed E-state index contributed by atoms with van der Waals surface area (Å²) in [5.74, 6) is 1.08. The van der Waals surface area contributed by atoms with Crippen molar-refractivity contribution >= 4 is 20.0 Å². The number of nitrogens with zero attached hydrogens (tertiary/aromatic N) is 3. The molecule has 0 bridgehead atoms. The van der Waals surface area contributed by atoms with Crippen molar-refractivity contribution in [1.29, 1.82) is 0 Å². The zero-order chi connectivity index (χ0) is 23.4. The standard InChI is InChI=1S/C21H29N3O6S2/c1-4-5-14-22-15-23(31(25,26)20-10-6-18(29-2)7-11-20)17-24(16-22)32(27,28)21-12-8-19(30-3)9-13-21/h6-13H,4-5,14-17H2,1-3H3. The van der Waals surface area contributed by atoms with E-state index in [1.807, 2.05) is 11.8 Å². The van der Waals surface area contributed by atoms with Gasteiger partial charge in [-0.05, 0) is 55.0 Å². The zero-order valence-corrected chi connectivity index (χ0v) is 20.1. The van der Waals surface area contributed by atoms with Crippen molar-refractivity contribution in [3.63, 3.8) is 0 Å². The van der Waals surface area contributed by atoms with Gasteiger partial charge in [0.1, 0.15) is 11.5 Å². The largest absolute Gasteiger partial charge is 0.497 e. The molecule has 2 aromatic rings. The van der Waals surface area contributed by atoms with Crippen molar-refractivity contribution in [3.8, 4) is 11.5 Å². The normalized spacial score (nSPS) is 16.7. The predicted molar refractivity (Wildman–Crippen MR) is 120 cm³/mol. The lowest BCUT2D eigenvalue weighted by Gasteiger charge is -2.40. The Hall–Kier alpha value is -2.18. The average molecular weight is 484 g/mol. The van der Waals surface area contributed by atoms with Gasteiger partial charge in [-0.1, -0.05) is 13.3 Å². The van der Waals surface area contributed by atoms with Gasteiger partial charge < -0.3 is 9.47 Å². The second kappa shape index (κ2) is 10.2. The second-order valence-corrected chi connectivity index (χ2v) is 11.3. The summed E-state index contributed by atoms with van der Waals surface area (Å²) in [6.45, 7) is 2.57. The minimum absolute atomic E-state index is 0.0810. The number of methoxy groups -OCH3 is 2. The Balaban J connectivity index is 1.92. The maximum Gasteiger partial charge on any atom is 0.245 e. The monoisotopic (exact) mass is 483 g/mol. The Labute approximate surface area is 190 Å². The van der Waals surface area contributed by atoms with Gasteiger partial charge in [0.2, 0.25) is 20.0 Å². The molecule has 3 rings (SSSR count). The summed E-state index contributed by atoms with van der Waals surface area (Å²) in [7, 11) is -4.84. The van der Waals surface area contributed by atoms with E-state index < -0.39 is 20.0 Å². The summed E-state index contributed by atoms with van der Waals surface area (Å²) in [6.07, 6.45) is 1.74. The molecule has 176 valence electrons. The molecule has 2 aromatic carbocycles. The molecule has 0 unspecified atom stereocenters. The molecule has 32 heavy (non-hydrogen) atoms. The molecular weight excluding hydrogens is 454 g/mol. The van der Waals surface area contributed by atoms with E-state index in [1.54, 1.807) is 24.3 Å². The number of benzene rings is 2. The first-order chi connectivity index (χ1) is 15.2. The Bertz CT molecular complexity index is 1020. The molecule has 1 aliphatic rings. The SMILES string of the molecule is CCCCN1CN(S(=O)(=O)c2ccc(OC)cc2)CN(S(=O)(=O)c2ccc(OC)cc2)C1. The summed E-state index contributed by atoms with van der Waals surface area (Å²) in [5, 5.41) is 0. The molecule has 0 atom stereocenters. The van der Waals surface area contributed by atoms with E-state index in [-0.39, 0.29) is 29.8 Å². The Morgan fingerprint density at radius 2 is 1.12 bits per heavy atom. The van der Waals surface area contributed by atoms with E-state index in [0.717, 1.165) is 12.8 Å². The summed E-state index contributed by atoms with van der Waals surface area (Å²) in [6, 6.07) is 12.1. The van der Waals surface area contributed by atoms with Gasteiger partial charge in [0.25, 0.3) is 0 Å². The van der Waals surface area contributed by atoms with E-state index in [9.17, 15) is 16.8 Å². The highest BCUT2D eigenvalue weighted by Gasteiger charge is 2.38. The van der Waals surface area contributed by atoms with Crippen molar-refractivity contribution in [1.82, 2.24) is 13.5 Å². The van der Waals surface area contributed by atoms with Crippen LogP contribution in [0.5, 0.6) is 11.5 Å². The molecule has 0 N–H and O–H groups in total. The lowest BCUT2D eigenvalue weighted by Crippen LogP contribution is -2.57. The van der Waals surface area contributed by atoms with Crippen LogP contribution in [-0.2, 0) is 20.0 Å². The van der Waals surface area contributed by atoms with Gasteiger partial charge in [-0.2, -0.15) is 8.61 Å². The Morgan fingerprint density at radius 1 is 0.719 bits per heavy atom. The van der Waals surface area contributed by atoms with Crippen LogP contribution >= 0.6 is 0 Å². The minimum Gasteiger partial charge on any atom is -0.497 e. The van der Waals surface area contributed by atoms with Crippen molar-refractivity contribution in [2.75, 3.05) is 40.8 Å². The molecule has 0 aromatic heterocycles. The highest BCUT2D eigenvalue weighted by molar-refractivity contribution is 7.90. The number of hydrogen-bond donors (Lipinski definition) is 0. The van der Waals surface area contributed by atoms with Crippen LogP contribution in [0.2, 0.25) is 0 Å². The molecular formula is C21H29N3O6S2. The van der Waals surface area contributed by atoms with Gasteiger partial charge in [-0.15, -0.1) is 0 Å². The van der Waals surface area contributed by atoms with Gasteiger partial charge in [0, 0.05) is 6.54 Å². The topological polar surface area (TPSA) is 96.5 Å². The van der Waals surface area contributed by atoms with Crippen molar-refractivity contribution in [3.05, 3.63) is 48.5 Å². The lowest BCUT2D eigenvalue weighted by molar-refractivity contribution is 0.0626. The van der Waals surface area contributed by atoms with E-state index >= 15 is 0 Å². The maximum atomic E-state index is 13.3. The third kappa shape index (κ3) is 5.24. The molecule has 0 spiro atoms. The first-order valence-electron chi connectivity index (χ1n) is 10.2. The number of sulfonamides is 2. The summed E-state index contributed by atoms with van der Waals surface area (Å²) < 4.78 is 65.9. The highest BCUT2D eigenvalue weighted by atomic mass is 32.2. The molecule has 11 heteroatoms. The van der Waals surface area contributed by atoms with Crippen LogP contribution in [-0.4, -0.2) is 71.1 Å². The third-order valence-electron chi connectivity index (χ3n) is 5.25. The van der Waals surface area contributed by atoms with Crippen molar-refractivity contribution in [2.45, 2.75) is 29.6 Å². The van der Waals surface area contributed by atoms with Crippen LogP contribution < -0.4 is 9.47 Å². The number of hydrogen-bond acceptors (Lipinski definition) is 7. The first-order valence-corrected chi connectivity index (χ1v) is 13.1. The van der Waals surface area contributed by atoms with Crippen LogP contribution in [0.1, 0.15) is 19.8 Å². The van der Waals surface area contributed by atoms with Crippen molar-refractivity contribution in [2.24, 2.45) is 0 Å². The Morgan fingerprint density at radius 3 is 1.47 bits per heavy atom. The molecule has 1 aliphatic heterocycles. The number of ether oxygens (including phenoxy) is 2. The molecule has 1 heterocycles. The Kier molecular flexibility index (Phi) is 7.78. The maximum absolute atomic E-state index is 13.3. The van der Waals surface area contributed by atoms with Gasteiger partial charge in [-0.3, -0.25) is 4.90 Å². The van der Waals surface area contributed by atoms with Crippen LogP contribution in [0.25, 0.3) is 0 Å². The molecule has 0 amide bonds.